The third kappa shape index (κ3) is 2.63. The first-order valence-corrected chi connectivity index (χ1v) is 6.56. The molecule has 0 aliphatic carbocycles. The number of rotatable bonds is 6. The van der Waals surface area contributed by atoms with E-state index in [9.17, 15) is 0 Å². The Kier molecular flexibility index (Phi) is 4.29. The first-order valence-electron chi connectivity index (χ1n) is 6.56. The zero-order valence-corrected chi connectivity index (χ0v) is 12.3. The van der Waals surface area contributed by atoms with Crippen molar-refractivity contribution in [3.05, 3.63) is 30.1 Å². The lowest BCUT2D eigenvalue weighted by atomic mass is 10.2. The highest BCUT2D eigenvalue weighted by atomic mass is 16.5. The van der Waals surface area contributed by atoms with E-state index >= 15 is 0 Å². The first-order chi connectivity index (χ1) is 9.60. The number of methoxy groups -OCH3 is 2. The van der Waals surface area contributed by atoms with E-state index in [1.165, 1.54) is 0 Å². The van der Waals surface area contributed by atoms with Crippen molar-refractivity contribution in [3.8, 4) is 11.5 Å². The second-order valence-corrected chi connectivity index (χ2v) is 4.81. The van der Waals surface area contributed by atoms with E-state index in [2.05, 4.69) is 16.1 Å². The monoisotopic (exact) mass is 275 g/mol. The number of allylic oxidation sites excluding steroid dienone is 1. The lowest BCUT2D eigenvalue weighted by Gasteiger charge is -2.10. The van der Waals surface area contributed by atoms with Crippen LogP contribution in [-0.2, 0) is 13.0 Å². The van der Waals surface area contributed by atoms with E-state index in [0.717, 1.165) is 35.4 Å². The molecule has 0 bridgehead atoms. The van der Waals surface area contributed by atoms with Gasteiger partial charge in [0, 0.05) is 25.1 Å². The molecule has 20 heavy (non-hydrogen) atoms. The van der Waals surface area contributed by atoms with Gasteiger partial charge in [0.25, 0.3) is 0 Å². The largest absolute Gasteiger partial charge is 0.493 e. The zero-order valence-electron chi connectivity index (χ0n) is 12.3. The third-order valence-corrected chi connectivity index (χ3v) is 3.13. The van der Waals surface area contributed by atoms with Crippen LogP contribution in [0.25, 0.3) is 11.0 Å². The molecule has 0 radical (unpaired) electrons. The summed E-state index contributed by atoms with van der Waals surface area (Å²) >= 11 is 0. The summed E-state index contributed by atoms with van der Waals surface area (Å²) in [5, 5.41) is 0. The summed E-state index contributed by atoms with van der Waals surface area (Å²) in [5.74, 6) is 2.34. The Balaban J connectivity index is 2.64. The summed E-state index contributed by atoms with van der Waals surface area (Å²) in [5.41, 5.74) is 8.63. The molecule has 1 heterocycles. The number of nitrogens with two attached hydrogens (primary N) is 1. The van der Waals surface area contributed by atoms with Crippen LogP contribution in [0.15, 0.2) is 24.3 Å². The van der Waals surface area contributed by atoms with E-state index < -0.39 is 0 Å². The van der Waals surface area contributed by atoms with Crippen LogP contribution in [-0.4, -0.2) is 30.3 Å². The van der Waals surface area contributed by atoms with Crippen LogP contribution in [0.1, 0.15) is 12.7 Å². The van der Waals surface area contributed by atoms with Gasteiger partial charge in [0.15, 0.2) is 11.5 Å². The molecule has 0 unspecified atom stereocenters. The highest BCUT2D eigenvalue weighted by molar-refractivity contribution is 5.80. The van der Waals surface area contributed by atoms with Gasteiger partial charge < -0.3 is 19.8 Å². The molecule has 2 N–H and O–H groups in total. The van der Waals surface area contributed by atoms with E-state index in [-0.39, 0.29) is 0 Å². The first kappa shape index (κ1) is 14.4. The Hall–Kier alpha value is -2.01. The van der Waals surface area contributed by atoms with Crippen LogP contribution < -0.4 is 15.2 Å². The van der Waals surface area contributed by atoms with Crippen molar-refractivity contribution in [3.63, 3.8) is 0 Å². The number of hydrogen-bond acceptors (Lipinski definition) is 4. The van der Waals surface area contributed by atoms with Gasteiger partial charge in [0.05, 0.1) is 25.3 Å². The summed E-state index contributed by atoms with van der Waals surface area (Å²) in [6, 6.07) is 3.84. The lowest BCUT2D eigenvalue weighted by molar-refractivity contribution is 0.355. The molecular weight excluding hydrogens is 254 g/mol. The Morgan fingerprint density at radius 3 is 2.50 bits per heavy atom. The normalized spacial score (nSPS) is 10.8. The molecule has 0 spiro atoms. The summed E-state index contributed by atoms with van der Waals surface area (Å²) in [7, 11) is 3.25. The van der Waals surface area contributed by atoms with Crippen LogP contribution in [0.4, 0.5) is 0 Å². The molecule has 0 saturated heterocycles. The van der Waals surface area contributed by atoms with Crippen LogP contribution in [0.5, 0.6) is 11.5 Å². The highest BCUT2D eigenvalue weighted by Gasteiger charge is 2.14. The zero-order chi connectivity index (χ0) is 14.7. The smallest absolute Gasteiger partial charge is 0.163 e. The average Bonchev–Trinajstić information content (AvgIpc) is 2.74. The summed E-state index contributed by atoms with van der Waals surface area (Å²) in [6.07, 6.45) is 0.729. The van der Waals surface area contributed by atoms with Crippen LogP contribution in [0.2, 0.25) is 0 Å². The third-order valence-electron chi connectivity index (χ3n) is 3.13. The van der Waals surface area contributed by atoms with Crippen molar-refractivity contribution in [1.29, 1.82) is 0 Å². The minimum absolute atomic E-state index is 0.563. The Morgan fingerprint density at radius 2 is 1.95 bits per heavy atom. The van der Waals surface area contributed by atoms with Gasteiger partial charge in [-0.1, -0.05) is 12.2 Å². The molecule has 0 atom stereocenters. The molecule has 2 aromatic rings. The molecule has 0 fully saturated rings. The fraction of sp³-hybridized carbons (Fsp3) is 0.400. The SMILES string of the molecule is C=C(C)Cn1c(CCN)nc2cc(OC)c(OC)cc21. The van der Waals surface area contributed by atoms with Gasteiger partial charge in [0.1, 0.15) is 5.82 Å². The van der Waals surface area contributed by atoms with Crippen LogP contribution >= 0.6 is 0 Å². The van der Waals surface area contributed by atoms with E-state index in [1.54, 1.807) is 14.2 Å². The number of aromatic nitrogens is 2. The quantitative estimate of drug-likeness (QED) is 0.820. The Bertz CT molecular complexity index is 632. The predicted octanol–water partition coefficient (Wildman–Crippen LogP) is 2.13. The van der Waals surface area contributed by atoms with E-state index in [0.29, 0.717) is 18.0 Å². The van der Waals surface area contributed by atoms with Gasteiger partial charge >= 0.3 is 0 Å². The number of benzene rings is 1. The van der Waals surface area contributed by atoms with Gasteiger partial charge in [-0.15, -0.1) is 0 Å². The Morgan fingerprint density at radius 1 is 1.30 bits per heavy atom. The van der Waals surface area contributed by atoms with Gasteiger partial charge in [-0.3, -0.25) is 0 Å². The maximum atomic E-state index is 5.67. The predicted molar refractivity (Wildman–Crippen MR) is 80.4 cm³/mol. The number of hydrogen-bond donors (Lipinski definition) is 1. The molecule has 1 aromatic carbocycles. The molecular formula is C15H21N3O2. The van der Waals surface area contributed by atoms with Gasteiger partial charge in [-0.25, -0.2) is 4.98 Å². The molecule has 108 valence electrons. The fourth-order valence-corrected chi connectivity index (χ4v) is 2.27. The van der Waals surface area contributed by atoms with E-state index in [4.69, 9.17) is 15.2 Å². The second kappa shape index (κ2) is 5.96. The van der Waals surface area contributed by atoms with Crippen molar-refractivity contribution in [2.45, 2.75) is 19.9 Å². The van der Waals surface area contributed by atoms with Crippen molar-refractivity contribution >= 4 is 11.0 Å². The molecule has 2 rings (SSSR count). The number of imidazole rings is 1. The molecule has 0 saturated carbocycles. The molecule has 0 amide bonds. The fourth-order valence-electron chi connectivity index (χ4n) is 2.27. The highest BCUT2D eigenvalue weighted by Crippen LogP contribution is 2.32. The van der Waals surface area contributed by atoms with Crippen LogP contribution in [0.3, 0.4) is 0 Å². The van der Waals surface area contributed by atoms with Crippen molar-refractivity contribution in [2.75, 3.05) is 20.8 Å². The molecule has 1 aromatic heterocycles. The van der Waals surface area contributed by atoms with Crippen molar-refractivity contribution in [1.82, 2.24) is 9.55 Å². The summed E-state index contributed by atoms with van der Waals surface area (Å²) < 4.78 is 12.8. The van der Waals surface area contributed by atoms with Crippen molar-refractivity contribution < 1.29 is 9.47 Å². The molecule has 5 heteroatoms. The second-order valence-electron chi connectivity index (χ2n) is 4.81. The number of nitrogens with zero attached hydrogens (tertiary/aromatic N) is 2. The maximum absolute atomic E-state index is 5.67. The topological polar surface area (TPSA) is 62.3 Å². The van der Waals surface area contributed by atoms with Gasteiger partial charge in [0.2, 0.25) is 0 Å². The van der Waals surface area contributed by atoms with Crippen molar-refractivity contribution in [2.24, 2.45) is 5.73 Å². The molecule has 0 aliphatic rings. The standard InChI is InChI=1S/C15H21N3O2/c1-10(2)9-18-12-8-14(20-4)13(19-3)7-11(12)17-15(18)5-6-16/h7-8H,1,5-6,9,16H2,2-4H3. The average molecular weight is 275 g/mol. The maximum Gasteiger partial charge on any atom is 0.163 e. The molecule has 5 nitrogen and oxygen atoms in total. The van der Waals surface area contributed by atoms with E-state index in [1.807, 2.05) is 19.1 Å². The van der Waals surface area contributed by atoms with Gasteiger partial charge in [-0.05, 0) is 13.5 Å². The summed E-state index contributed by atoms with van der Waals surface area (Å²) in [6.45, 7) is 7.26. The number of ether oxygens (including phenoxy) is 2. The number of fused-ring (bicyclic) bond motifs is 1. The minimum Gasteiger partial charge on any atom is -0.493 e. The molecule has 0 aliphatic heterocycles. The van der Waals surface area contributed by atoms with Gasteiger partial charge in [-0.2, -0.15) is 0 Å². The van der Waals surface area contributed by atoms with Crippen LogP contribution in [0, 0.1) is 0 Å². The lowest BCUT2D eigenvalue weighted by Crippen LogP contribution is -2.10. The Labute approximate surface area is 119 Å². The minimum atomic E-state index is 0.563. The summed E-state index contributed by atoms with van der Waals surface area (Å²) in [4.78, 5) is 4.65.